The van der Waals surface area contributed by atoms with Gasteiger partial charge in [-0.05, 0) is 31.2 Å². The SMILES string of the molecule is O=C(CCNC1CC1)NC(CCc1ccccc1)C(=O)O. The summed E-state index contributed by atoms with van der Waals surface area (Å²) in [6.45, 7) is 0.613. The molecule has 1 atom stereocenters. The zero-order valence-electron chi connectivity index (χ0n) is 12.0. The Morgan fingerprint density at radius 3 is 2.57 bits per heavy atom. The number of aliphatic carboxylic acids is 1. The molecule has 1 aliphatic rings. The topological polar surface area (TPSA) is 78.4 Å². The van der Waals surface area contributed by atoms with Crippen LogP contribution in [0.4, 0.5) is 0 Å². The molecule has 5 nitrogen and oxygen atoms in total. The fourth-order valence-corrected chi connectivity index (χ4v) is 2.16. The first-order valence-corrected chi connectivity index (χ1v) is 7.44. The van der Waals surface area contributed by atoms with Crippen molar-refractivity contribution in [1.29, 1.82) is 0 Å². The van der Waals surface area contributed by atoms with E-state index in [1.807, 2.05) is 30.3 Å². The van der Waals surface area contributed by atoms with Gasteiger partial charge in [-0.3, -0.25) is 4.79 Å². The summed E-state index contributed by atoms with van der Waals surface area (Å²) in [6.07, 6.45) is 3.72. The second-order valence-corrected chi connectivity index (χ2v) is 5.46. The van der Waals surface area contributed by atoms with Crippen LogP contribution in [0.3, 0.4) is 0 Å². The number of carbonyl (C=O) groups excluding carboxylic acids is 1. The first-order valence-electron chi connectivity index (χ1n) is 7.44. The van der Waals surface area contributed by atoms with Crippen LogP contribution in [0.5, 0.6) is 0 Å². The van der Waals surface area contributed by atoms with Gasteiger partial charge in [0.1, 0.15) is 6.04 Å². The molecular formula is C16H22N2O3. The standard InChI is InChI=1S/C16H22N2O3/c19-15(10-11-17-13-7-8-13)18-14(16(20)21)9-6-12-4-2-1-3-5-12/h1-5,13-14,17H,6-11H2,(H,18,19)(H,20,21). The smallest absolute Gasteiger partial charge is 0.326 e. The van der Waals surface area contributed by atoms with Crippen LogP contribution < -0.4 is 10.6 Å². The molecule has 0 heterocycles. The normalized spacial score (nSPS) is 15.4. The van der Waals surface area contributed by atoms with E-state index in [1.165, 1.54) is 12.8 Å². The summed E-state index contributed by atoms with van der Waals surface area (Å²) in [5.74, 6) is -1.18. The molecule has 5 heteroatoms. The van der Waals surface area contributed by atoms with Crippen molar-refractivity contribution in [1.82, 2.24) is 10.6 Å². The van der Waals surface area contributed by atoms with E-state index >= 15 is 0 Å². The number of amides is 1. The Balaban J connectivity index is 1.72. The predicted octanol–water partition coefficient (Wildman–Crippen LogP) is 1.33. The van der Waals surface area contributed by atoms with Crippen LogP contribution in [-0.4, -0.2) is 35.6 Å². The number of carbonyl (C=O) groups is 2. The van der Waals surface area contributed by atoms with Crippen LogP contribution in [0.15, 0.2) is 30.3 Å². The molecule has 1 unspecified atom stereocenters. The number of carboxylic acid groups (broad SMARTS) is 1. The molecule has 0 radical (unpaired) electrons. The van der Waals surface area contributed by atoms with E-state index in [0.29, 0.717) is 31.8 Å². The highest BCUT2D eigenvalue weighted by molar-refractivity contribution is 5.83. The molecule has 0 bridgehead atoms. The van der Waals surface area contributed by atoms with Crippen molar-refractivity contribution in [2.24, 2.45) is 0 Å². The summed E-state index contributed by atoms with van der Waals surface area (Å²) in [6, 6.07) is 9.43. The van der Waals surface area contributed by atoms with Gasteiger partial charge in [0.2, 0.25) is 5.91 Å². The van der Waals surface area contributed by atoms with Gasteiger partial charge in [-0.25, -0.2) is 4.79 Å². The Hall–Kier alpha value is -1.88. The lowest BCUT2D eigenvalue weighted by molar-refractivity contribution is -0.142. The highest BCUT2D eigenvalue weighted by atomic mass is 16.4. The van der Waals surface area contributed by atoms with E-state index in [-0.39, 0.29) is 5.91 Å². The largest absolute Gasteiger partial charge is 0.480 e. The summed E-state index contributed by atoms with van der Waals surface area (Å²) in [5, 5.41) is 15.0. The molecule has 0 spiro atoms. The molecule has 3 N–H and O–H groups in total. The summed E-state index contributed by atoms with van der Waals surface area (Å²) < 4.78 is 0. The van der Waals surface area contributed by atoms with E-state index in [4.69, 9.17) is 0 Å². The summed E-state index contributed by atoms with van der Waals surface area (Å²) >= 11 is 0. The van der Waals surface area contributed by atoms with Crippen LogP contribution in [0.2, 0.25) is 0 Å². The lowest BCUT2D eigenvalue weighted by atomic mass is 10.1. The molecule has 1 aromatic carbocycles. The molecule has 1 amide bonds. The van der Waals surface area contributed by atoms with E-state index in [2.05, 4.69) is 10.6 Å². The number of benzene rings is 1. The number of nitrogens with one attached hydrogen (secondary N) is 2. The van der Waals surface area contributed by atoms with Crippen molar-refractivity contribution < 1.29 is 14.7 Å². The van der Waals surface area contributed by atoms with Gasteiger partial charge in [0.05, 0.1) is 0 Å². The van der Waals surface area contributed by atoms with Gasteiger partial charge in [0.25, 0.3) is 0 Å². The van der Waals surface area contributed by atoms with E-state index < -0.39 is 12.0 Å². The van der Waals surface area contributed by atoms with Gasteiger partial charge in [-0.1, -0.05) is 30.3 Å². The van der Waals surface area contributed by atoms with Crippen LogP contribution in [0, 0.1) is 0 Å². The molecule has 0 saturated heterocycles. The zero-order valence-corrected chi connectivity index (χ0v) is 12.0. The number of hydrogen-bond acceptors (Lipinski definition) is 3. The van der Waals surface area contributed by atoms with Gasteiger partial charge in [-0.2, -0.15) is 0 Å². The monoisotopic (exact) mass is 290 g/mol. The van der Waals surface area contributed by atoms with Crippen molar-refractivity contribution in [3.63, 3.8) is 0 Å². The molecule has 1 fully saturated rings. The first-order chi connectivity index (χ1) is 10.1. The summed E-state index contributed by atoms with van der Waals surface area (Å²) in [4.78, 5) is 23.0. The number of aryl methyl sites for hydroxylation is 1. The predicted molar refractivity (Wildman–Crippen MR) is 80.0 cm³/mol. The zero-order chi connectivity index (χ0) is 15.1. The molecule has 2 rings (SSSR count). The first kappa shape index (κ1) is 15.5. The average molecular weight is 290 g/mol. The van der Waals surface area contributed by atoms with Gasteiger partial charge in [0.15, 0.2) is 0 Å². The third-order valence-electron chi connectivity index (χ3n) is 3.56. The Morgan fingerprint density at radius 1 is 1.24 bits per heavy atom. The highest BCUT2D eigenvalue weighted by Crippen LogP contribution is 2.18. The number of rotatable bonds is 9. The van der Waals surface area contributed by atoms with Gasteiger partial charge < -0.3 is 15.7 Å². The Bertz CT molecular complexity index is 472. The fraction of sp³-hybridized carbons (Fsp3) is 0.500. The van der Waals surface area contributed by atoms with Gasteiger partial charge in [0, 0.05) is 19.0 Å². The Kier molecular flexibility index (Phi) is 5.75. The maximum atomic E-state index is 11.8. The molecular weight excluding hydrogens is 268 g/mol. The summed E-state index contributed by atoms with van der Waals surface area (Å²) in [7, 11) is 0. The van der Waals surface area contributed by atoms with Crippen molar-refractivity contribution in [3.05, 3.63) is 35.9 Å². The van der Waals surface area contributed by atoms with Gasteiger partial charge in [-0.15, -0.1) is 0 Å². The summed E-state index contributed by atoms with van der Waals surface area (Å²) in [5.41, 5.74) is 1.08. The quantitative estimate of drug-likeness (QED) is 0.641. The second kappa shape index (κ2) is 7.78. The third kappa shape index (κ3) is 5.95. The maximum absolute atomic E-state index is 11.8. The molecule has 1 saturated carbocycles. The molecule has 114 valence electrons. The molecule has 1 aliphatic carbocycles. The molecule has 0 aliphatic heterocycles. The van der Waals surface area contributed by atoms with E-state index in [0.717, 1.165) is 5.56 Å². The molecule has 21 heavy (non-hydrogen) atoms. The van der Waals surface area contributed by atoms with Gasteiger partial charge >= 0.3 is 5.97 Å². The van der Waals surface area contributed by atoms with E-state index in [9.17, 15) is 14.7 Å². The Labute approximate surface area is 124 Å². The number of carboxylic acids is 1. The maximum Gasteiger partial charge on any atom is 0.326 e. The molecule has 1 aromatic rings. The van der Waals surface area contributed by atoms with Crippen molar-refractivity contribution in [2.75, 3.05) is 6.54 Å². The lowest BCUT2D eigenvalue weighted by Gasteiger charge is -2.14. The minimum Gasteiger partial charge on any atom is -0.480 e. The van der Waals surface area contributed by atoms with Crippen LogP contribution in [-0.2, 0) is 16.0 Å². The van der Waals surface area contributed by atoms with Crippen LogP contribution >= 0.6 is 0 Å². The minimum atomic E-state index is -0.977. The lowest BCUT2D eigenvalue weighted by Crippen LogP contribution is -2.42. The number of hydrogen-bond donors (Lipinski definition) is 3. The van der Waals surface area contributed by atoms with Crippen LogP contribution in [0.25, 0.3) is 0 Å². The molecule has 0 aromatic heterocycles. The second-order valence-electron chi connectivity index (χ2n) is 5.46. The fourth-order valence-electron chi connectivity index (χ4n) is 2.16. The van der Waals surface area contributed by atoms with Crippen molar-refractivity contribution in [2.45, 2.75) is 44.2 Å². The minimum absolute atomic E-state index is 0.205. The third-order valence-corrected chi connectivity index (χ3v) is 3.56. The van der Waals surface area contributed by atoms with Crippen LogP contribution in [0.1, 0.15) is 31.2 Å². The average Bonchev–Trinajstić information content (AvgIpc) is 3.28. The Morgan fingerprint density at radius 2 is 1.95 bits per heavy atom. The van der Waals surface area contributed by atoms with E-state index in [1.54, 1.807) is 0 Å². The van der Waals surface area contributed by atoms with Crippen molar-refractivity contribution in [3.8, 4) is 0 Å². The highest BCUT2D eigenvalue weighted by Gasteiger charge is 2.22. The van der Waals surface area contributed by atoms with Crippen molar-refractivity contribution >= 4 is 11.9 Å².